The molecule has 20 heavy (non-hydrogen) atoms. The molecule has 1 aliphatic rings. The third kappa shape index (κ3) is 4.07. The van der Waals surface area contributed by atoms with Gasteiger partial charge in [-0.2, -0.15) is 0 Å². The van der Waals surface area contributed by atoms with Gasteiger partial charge in [-0.15, -0.1) is 0 Å². The molecule has 1 fully saturated rings. The highest BCUT2D eigenvalue weighted by Crippen LogP contribution is 2.23. The van der Waals surface area contributed by atoms with E-state index in [0.29, 0.717) is 11.3 Å². The van der Waals surface area contributed by atoms with E-state index >= 15 is 0 Å². The second kappa shape index (κ2) is 6.88. The van der Waals surface area contributed by atoms with Crippen molar-refractivity contribution < 1.29 is 14.3 Å². The largest absolute Gasteiger partial charge is 0.483 e. The van der Waals surface area contributed by atoms with Crippen LogP contribution in [0.1, 0.15) is 43.0 Å². The Hall–Kier alpha value is -1.36. The summed E-state index contributed by atoms with van der Waals surface area (Å²) in [5.74, 6) is 0.231. The van der Waals surface area contributed by atoms with Crippen molar-refractivity contribution >= 4 is 27.6 Å². The van der Waals surface area contributed by atoms with Gasteiger partial charge in [-0.25, -0.2) is 0 Å². The van der Waals surface area contributed by atoms with Crippen LogP contribution in [0.4, 0.5) is 0 Å². The number of carbonyl (C=O) groups excluding carboxylic acids is 2. The van der Waals surface area contributed by atoms with Gasteiger partial charge in [-0.05, 0) is 38.0 Å². The number of rotatable bonds is 5. The van der Waals surface area contributed by atoms with Crippen molar-refractivity contribution in [2.45, 2.75) is 38.6 Å². The van der Waals surface area contributed by atoms with Crippen molar-refractivity contribution in [1.82, 2.24) is 5.32 Å². The number of ketones is 1. The van der Waals surface area contributed by atoms with Gasteiger partial charge in [-0.1, -0.05) is 28.8 Å². The molecule has 4 nitrogen and oxygen atoms in total. The molecule has 108 valence electrons. The van der Waals surface area contributed by atoms with Crippen LogP contribution >= 0.6 is 15.9 Å². The Kier molecular flexibility index (Phi) is 5.17. The number of amides is 1. The molecule has 1 saturated carbocycles. The summed E-state index contributed by atoms with van der Waals surface area (Å²) in [6.07, 6.45) is 4.44. The molecule has 1 aliphatic carbocycles. The summed E-state index contributed by atoms with van der Waals surface area (Å²) < 4.78 is 6.28. The molecule has 0 bridgehead atoms. The third-order valence-electron chi connectivity index (χ3n) is 3.40. The maximum Gasteiger partial charge on any atom is 0.258 e. The summed E-state index contributed by atoms with van der Waals surface area (Å²) in [5, 5.41) is 2.95. The lowest BCUT2D eigenvalue weighted by Crippen LogP contribution is -2.36. The van der Waals surface area contributed by atoms with Gasteiger partial charge < -0.3 is 10.1 Å². The van der Waals surface area contributed by atoms with Gasteiger partial charge >= 0.3 is 0 Å². The highest BCUT2D eigenvalue weighted by Gasteiger charge is 2.17. The molecule has 2 rings (SSSR count). The number of hydrogen-bond donors (Lipinski definition) is 1. The minimum Gasteiger partial charge on any atom is -0.483 e. The van der Waals surface area contributed by atoms with E-state index in [0.717, 1.165) is 17.3 Å². The zero-order valence-electron chi connectivity index (χ0n) is 11.4. The Morgan fingerprint density at radius 3 is 2.70 bits per heavy atom. The molecule has 0 aromatic heterocycles. The van der Waals surface area contributed by atoms with Gasteiger partial charge in [0.15, 0.2) is 12.4 Å². The lowest BCUT2D eigenvalue weighted by atomic mass is 10.1. The normalized spacial score (nSPS) is 15.1. The second-order valence-corrected chi connectivity index (χ2v) is 5.95. The molecular formula is C15H18BrNO3. The summed E-state index contributed by atoms with van der Waals surface area (Å²) >= 11 is 3.32. The fourth-order valence-corrected chi connectivity index (χ4v) is 2.75. The quantitative estimate of drug-likeness (QED) is 0.838. The Morgan fingerprint density at radius 2 is 2.05 bits per heavy atom. The van der Waals surface area contributed by atoms with Crippen LogP contribution in [0.5, 0.6) is 5.75 Å². The van der Waals surface area contributed by atoms with Crippen LogP contribution in [-0.2, 0) is 4.79 Å². The summed E-state index contributed by atoms with van der Waals surface area (Å²) in [7, 11) is 0. The van der Waals surface area contributed by atoms with E-state index in [4.69, 9.17) is 4.74 Å². The molecule has 0 heterocycles. The highest BCUT2D eigenvalue weighted by molar-refractivity contribution is 9.10. The second-order valence-electron chi connectivity index (χ2n) is 5.03. The summed E-state index contributed by atoms with van der Waals surface area (Å²) in [4.78, 5) is 23.3. The number of benzene rings is 1. The van der Waals surface area contributed by atoms with Crippen LogP contribution in [0, 0.1) is 0 Å². The van der Waals surface area contributed by atoms with Crippen LogP contribution in [0.15, 0.2) is 22.7 Å². The topological polar surface area (TPSA) is 55.4 Å². The Morgan fingerprint density at radius 1 is 1.35 bits per heavy atom. The number of ether oxygens (including phenoxy) is 1. The van der Waals surface area contributed by atoms with E-state index < -0.39 is 0 Å². The predicted octanol–water partition coefficient (Wildman–Crippen LogP) is 3.09. The van der Waals surface area contributed by atoms with Crippen molar-refractivity contribution in [2.24, 2.45) is 0 Å². The molecule has 0 radical (unpaired) electrons. The first-order valence-electron chi connectivity index (χ1n) is 6.79. The monoisotopic (exact) mass is 339 g/mol. The van der Waals surface area contributed by atoms with E-state index in [-0.39, 0.29) is 24.3 Å². The van der Waals surface area contributed by atoms with Crippen molar-refractivity contribution in [3.05, 3.63) is 28.2 Å². The van der Waals surface area contributed by atoms with Crippen LogP contribution in [0.3, 0.4) is 0 Å². The summed E-state index contributed by atoms with van der Waals surface area (Å²) in [6.45, 7) is 1.42. The molecule has 0 unspecified atom stereocenters. The summed E-state index contributed by atoms with van der Waals surface area (Å²) in [5.41, 5.74) is 0.480. The van der Waals surface area contributed by atoms with Gasteiger partial charge in [0.25, 0.3) is 5.91 Å². The van der Waals surface area contributed by atoms with Crippen LogP contribution < -0.4 is 10.1 Å². The maximum absolute atomic E-state index is 11.8. The minimum absolute atomic E-state index is 0.0571. The van der Waals surface area contributed by atoms with E-state index in [1.807, 2.05) is 0 Å². The SMILES string of the molecule is CC(=O)c1cc(Br)ccc1OCC(=O)NC1CCCC1. The lowest BCUT2D eigenvalue weighted by molar-refractivity contribution is -0.123. The molecule has 1 aromatic carbocycles. The standard InChI is InChI=1S/C15H18BrNO3/c1-10(18)13-8-11(16)6-7-14(13)20-9-15(19)17-12-4-2-3-5-12/h6-8,12H,2-5,9H2,1H3,(H,17,19). The van der Waals surface area contributed by atoms with Gasteiger partial charge in [0.05, 0.1) is 5.56 Å². The molecule has 0 saturated heterocycles. The molecule has 5 heteroatoms. The fraction of sp³-hybridized carbons (Fsp3) is 0.467. The third-order valence-corrected chi connectivity index (χ3v) is 3.89. The first-order chi connectivity index (χ1) is 9.56. The molecule has 0 aliphatic heterocycles. The van der Waals surface area contributed by atoms with Crippen LogP contribution in [0.2, 0.25) is 0 Å². The van der Waals surface area contributed by atoms with Crippen molar-refractivity contribution in [3.63, 3.8) is 0 Å². The van der Waals surface area contributed by atoms with Gasteiger partial charge in [0.1, 0.15) is 5.75 Å². The Balaban J connectivity index is 1.93. The number of hydrogen-bond acceptors (Lipinski definition) is 3. The molecule has 1 amide bonds. The van der Waals surface area contributed by atoms with E-state index in [1.165, 1.54) is 19.8 Å². The van der Waals surface area contributed by atoms with E-state index in [1.54, 1.807) is 18.2 Å². The fourth-order valence-electron chi connectivity index (χ4n) is 2.39. The smallest absolute Gasteiger partial charge is 0.258 e. The zero-order valence-corrected chi connectivity index (χ0v) is 13.0. The highest BCUT2D eigenvalue weighted by atomic mass is 79.9. The van der Waals surface area contributed by atoms with Gasteiger partial charge in [0.2, 0.25) is 0 Å². The van der Waals surface area contributed by atoms with Gasteiger partial charge in [-0.3, -0.25) is 9.59 Å². The van der Waals surface area contributed by atoms with Crippen molar-refractivity contribution in [1.29, 1.82) is 0 Å². The average Bonchev–Trinajstić information content (AvgIpc) is 2.90. The molecule has 1 aromatic rings. The molecule has 0 spiro atoms. The first kappa shape index (κ1) is 15.0. The van der Waals surface area contributed by atoms with E-state index in [2.05, 4.69) is 21.2 Å². The number of carbonyl (C=O) groups is 2. The average molecular weight is 340 g/mol. The molecule has 0 atom stereocenters. The van der Waals surface area contributed by atoms with Crippen molar-refractivity contribution in [2.75, 3.05) is 6.61 Å². The van der Waals surface area contributed by atoms with Crippen LogP contribution in [0.25, 0.3) is 0 Å². The minimum atomic E-state index is -0.130. The number of Topliss-reactive ketones (excluding diaryl/α,β-unsaturated/α-hetero) is 1. The Labute approximate surface area is 127 Å². The Bertz CT molecular complexity index is 510. The van der Waals surface area contributed by atoms with E-state index in [9.17, 15) is 9.59 Å². The molecular weight excluding hydrogens is 322 g/mol. The predicted molar refractivity (Wildman–Crippen MR) is 80.0 cm³/mol. The van der Waals surface area contributed by atoms with Gasteiger partial charge in [0, 0.05) is 10.5 Å². The van der Waals surface area contributed by atoms with Crippen molar-refractivity contribution in [3.8, 4) is 5.75 Å². The molecule has 1 N–H and O–H groups in total. The number of nitrogens with one attached hydrogen (secondary N) is 1. The van der Waals surface area contributed by atoms with Crippen LogP contribution in [-0.4, -0.2) is 24.3 Å². The maximum atomic E-state index is 11.8. The first-order valence-corrected chi connectivity index (χ1v) is 7.58. The number of halogens is 1. The lowest BCUT2D eigenvalue weighted by Gasteiger charge is -2.13. The summed E-state index contributed by atoms with van der Waals surface area (Å²) in [6, 6.07) is 5.47. The zero-order chi connectivity index (χ0) is 14.5.